The van der Waals surface area contributed by atoms with Gasteiger partial charge in [-0.3, -0.25) is 0 Å². The van der Waals surface area contributed by atoms with Gasteiger partial charge in [-0.2, -0.15) is 0 Å². The molecular weight excluding hydrogens is 253 g/mol. The van der Waals surface area contributed by atoms with Crippen LogP contribution in [-0.4, -0.2) is 13.1 Å². The van der Waals surface area contributed by atoms with Crippen molar-refractivity contribution in [2.75, 3.05) is 13.1 Å². The highest BCUT2D eigenvalue weighted by molar-refractivity contribution is 5.85. The van der Waals surface area contributed by atoms with Crippen LogP contribution in [0.3, 0.4) is 0 Å². The molecule has 0 saturated carbocycles. The first-order valence-corrected chi connectivity index (χ1v) is 6.13. The molecule has 1 aliphatic heterocycles. The Morgan fingerprint density at radius 1 is 1.33 bits per heavy atom. The Labute approximate surface area is 112 Å². The van der Waals surface area contributed by atoms with Gasteiger partial charge in [0.25, 0.3) is 0 Å². The van der Waals surface area contributed by atoms with Crippen LogP contribution in [0.1, 0.15) is 24.8 Å². The van der Waals surface area contributed by atoms with Crippen molar-refractivity contribution in [3.8, 4) is 0 Å². The third-order valence-corrected chi connectivity index (χ3v) is 3.76. The first kappa shape index (κ1) is 13.4. The molecule has 0 amide bonds. The van der Waals surface area contributed by atoms with Gasteiger partial charge in [-0.1, -0.05) is 6.92 Å². The highest BCUT2D eigenvalue weighted by Gasteiger charge is 2.27. The molecule has 18 heavy (non-hydrogen) atoms. The van der Waals surface area contributed by atoms with Crippen LogP contribution in [0, 0.1) is 11.7 Å². The second-order valence-electron chi connectivity index (χ2n) is 4.88. The van der Waals surface area contributed by atoms with Crippen molar-refractivity contribution in [2.45, 2.75) is 19.3 Å². The van der Waals surface area contributed by atoms with Gasteiger partial charge in [-0.25, -0.2) is 4.39 Å². The number of hydrogen-bond acceptors (Lipinski definition) is 2. The Morgan fingerprint density at radius 2 is 2.17 bits per heavy atom. The third kappa shape index (κ3) is 2.13. The standard InChI is InChI=1S/C14H16FNO.ClH/c1-9-8-16-6-4-11(9)13-12(15)3-2-10-5-7-17-14(10)13;/h2-3,5,7,9,11,16H,4,6,8H2,1H3;1H. The van der Waals surface area contributed by atoms with Crippen molar-refractivity contribution in [1.82, 2.24) is 5.32 Å². The second-order valence-corrected chi connectivity index (χ2v) is 4.88. The monoisotopic (exact) mass is 269 g/mol. The predicted octanol–water partition coefficient (Wildman–Crippen LogP) is 3.71. The minimum atomic E-state index is -0.133. The lowest BCUT2D eigenvalue weighted by Gasteiger charge is -2.30. The fourth-order valence-corrected chi connectivity index (χ4v) is 2.82. The Balaban J connectivity index is 0.00000120. The van der Waals surface area contributed by atoms with Crippen LogP contribution in [0.4, 0.5) is 4.39 Å². The maximum absolute atomic E-state index is 14.1. The molecule has 3 rings (SSSR count). The summed E-state index contributed by atoms with van der Waals surface area (Å²) < 4.78 is 19.5. The Kier molecular flexibility index (Phi) is 3.93. The van der Waals surface area contributed by atoms with Gasteiger partial charge in [0.2, 0.25) is 0 Å². The van der Waals surface area contributed by atoms with Crippen molar-refractivity contribution in [3.63, 3.8) is 0 Å². The molecule has 4 heteroatoms. The first-order chi connectivity index (χ1) is 8.27. The molecule has 2 nitrogen and oxygen atoms in total. The summed E-state index contributed by atoms with van der Waals surface area (Å²) in [7, 11) is 0. The fourth-order valence-electron chi connectivity index (χ4n) is 2.82. The maximum Gasteiger partial charge on any atom is 0.140 e. The summed E-state index contributed by atoms with van der Waals surface area (Å²) >= 11 is 0. The van der Waals surface area contributed by atoms with Gasteiger partial charge < -0.3 is 9.73 Å². The van der Waals surface area contributed by atoms with Crippen molar-refractivity contribution < 1.29 is 8.81 Å². The molecule has 98 valence electrons. The average Bonchev–Trinajstić information content (AvgIpc) is 2.79. The normalized spacial score (nSPS) is 23.9. The van der Waals surface area contributed by atoms with E-state index in [0.717, 1.165) is 36.0 Å². The summed E-state index contributed by atoms with van der Waals surface area (Å²) in [6.07, 6.45) is 2.61. The number of halogens is 2. The quantitative estimate of drug-likeness (QED) is 0.854. The van der Waals surface area contributed by atoms with E-state index in [2.05, 4.69) is 12.2 Å². The van der Waals surface area contributed by atoms with E-state index in [9.17, 15) is 4.39 Å². The molecular formula is C14H17ClFNO. The molecule has 1 aliphatic rings. The van der Waals surface area contributed by atoms with E-state index in [-0.39, 0.29) is 24.1 Å². The number of hydrogen-bond donors (Lipinski definition) is 1. The Hall–Kier alpha value is -1.06. The van der Waals surface area contributed by atoms with Crippen LogP contribution >= 0.6 is 12.4 Å². The number of fused-ring (bicyclic) bond motifs is 1. The van der Waals surface area contributed by atoms with Gasteiger partial charge in [0, 0.05) is 10.9 Å². The molecule has 0 bridgehead atoms. The molecule has 2 heterocycles. The molecule has 2 unspecified atom stereocenters. The number of rotatable bonds is 1. The minimum Gasteiger partial charge on any atom is -0.464 e. The number of furan rings is 1. The lowest BCUT2D eigenvalue weighted by molar-refractivity contribution is 0.341. The average molecular weight is 270 g/mol. The molecule has 2 aromatic rings. The van der Waals surface area contributed by atoms with E-state index in [1.54, 1.807) is 18.4 Å². The van der Waals surface area contributed by atoms with E-state index in [4.69, 9.17) is 4.42 Å². The summed E-state index contributed by atoms with van der Waals surface area (Å²) in [6, 6.07) is 5.23. The van der Waals surface area contributed by atoms with Crippen LogP contribution in [-0.2, 0) is 0 Å². The van der Waals surface area contributed by atoms with Crippen molar-refractivity contribution >= 4 is 23.4 Å². The lowest BCUT2D eigenvalue weighted by Crippen LogP contribution is -2.34. The second kappa shape index (κ2) is 5.29. The van der Waals surface area contributed by atoms with Crippen molar-refractivity contribution in [3.05, 3.63) is 35.8 Å². The zero-order valence-electron chi connectivity index (χ0n) is 10.3. The third-order valence-electron chi connectivity index (χ3n) is 3.76. The smallest absolute Gasteiger partial charge is 0.140 e. The SMILES string of the molecule is CC1CNCCC1c1c(F)ccc2ccoc12.Cl. The van der Waals surface area contributed by atoms with Gasteiger partial charge >= 0.3 is 0 Å². The summed E-state index contributed by atoms with van der Waals surface area (Å²) in [6.45, 7) is 4.06. The Bertz CT molecular complexity index is 540. The highest BCUT2D eigenvalue weighted by atomic mass is 35.5. The summed E-state index contributed by atoms with van der Waals surface area (Å²) in [4.78, 5) is 0. The predicted molar refractivity (Wildman–Crippen MR) is 72.8 cm³/mol. The summed E-state index contributed by atoms with van der Waals surface area (Å²) in [5.41, 5.74) is 1.49. The lowest BCUT2D eigenvalue weighted by atomic mass is 9.81. The molecule has 1 N–H and O–H groups in total. The van der Waals surface area contributed by atoms with E-state index in [1.165, 1.54) is 0 Å². The molecule has 1 fully saturated rings. The molecule has 1 aromatic carbocycles. The molecule has 0 spiro atoms. The molecule has 1 saturated heterocycles. The van der Waals surface area contributed by atoms with Gasteiger partial charge in [0.05, 0.1) is 6.26 Å². The van der Waals surface area contributed by atoms with E-state index in [0.29, 0.717) is 5.92 Å². The van der Waals surface area contributed by atoms with Crippen molar-refractivity contribution in [1.29, 1.82) is 0 Å². The van der Waals surface area contributed by atoms with E-state index in [1.807, 2.05) is 6.07 Å². The van der Waals surface area contributed by atoms with Crippen LogP contribution in [0.5, 0.6) is 0 Å². The van der Waals surface area contributed by atoms with Gasteiger partial charge in [-0.15, -0.1) is 12.4 Å². The van der Waals surface area contributed by atoms with Crippen LogP contribution in [0.2, 0.25) is 0 Å². The van der Waals surface area contributed by atoms with E-state index >= 15 is 0 Å². The summed E-state index contributed by atoms with van der Waals surface area (Å²) in [5, 5.41) is 4.34. The maximum atomic E-state index is 14.1. The highest BCUT2D eigenvalue weighted by Crippen LogP contribution is 2.36. The number of piperidine rings is 1. The van der Waals surface area contributed by atoms with Gasteiger partial charge in [0.1, 0.15) is 11.4 Å². The summed E-state index contributed by atoms with van der Waals surface area (Å²) in [5.74, 6) is 0.561. The van der Waals surface area contributed by atoms with Gasteiger partial charge in [0.15, 0.2) is 0 Å². The topological polar surface area (TPSA) is 25.2 Å². The zero-order chi connectivity index (χ0) is 11.8. The Morgan fingerprint density at radius 3 is 2.94 bits per heavy atom. The molecule has 0 radical (unpaired) electrons. The van der Waals surface area contributed by atoms with Crippen LogP contribution in [0.25, 0.3) is 11.0 Å². The number of nitrogens with one attached hydrogen (secondary N) is 1. The van der Waals surface area contributed by atoms with Crippen molar-refractivity contribution in [2.24, 2.45) is 5.92 Å². The zero-order valence-corrected chi connectivity index (χ0v) is 11.1. The molecule has 0 aliphatic carbocycles. The van der Waals surface area contributed by atoms with E-state index < -0.39 is 0 Å². The largest absolute Gasteiger partial charge is 0.464 e. The first-order valence-electron chi connectivity index (χ1n) is 6.13. The van der Waals surface area contributed by atoms with Gasteiger partial charge in [-0.05, 0) is 49.5 Å². The minimum absolute atomic E-state index is 0. The van der Waals surface area contributed by atoms with Crippen LogP contribution < -0.4 is 5.32 Å². The molecule has 1 aromatic heterocycles. The van der Waals surface area contributed by atoms with Crippen LogP contribution in [0.15, 0.2) is 28.9 Å². The molecule has 2 atom stereocenters. The number of benzene rings is 1. The fraction of sp³-hybridized carbons (Fsp3) is 0.429.